The van der Waals surface area contributed by atoms with Crippen molar-refractivity contribution in [2.24, 2.45) is 0 Å². The van der Waals surface area contributed by atoms with E-state index in [1.54, 1.807) is 0 Å². The Hall–Kier alpha value is 1.45. The van der Waals surface area contributed by atoms with Gasteiger partial charge in [0.25, 0.3) is 0 Å². The van der Waals surface area contributed by atoms with E-state index in [-0.39, 0.29) is 0 Å². The Morgan fingerprint density at radius 1 is 1.25 bits per heavy atom. The molecule has 0 rings (SSSR count). The number of unbranched alkanes of at least 4 members (excludes halogenated alkanes) is 2. The molecule has 0 radical (unpaired) electrons. The van der Waals surface area contributed by atoms with Crippen molar-refractivity contribution in [3.63, 3.8) is 0 Å². The number of halogens is 2. The van der Waals surface area contributed by atoms with Gasteiger partial charge in [0.05, 0.1) is 0 Å². The zero-order chi connectivity index (χ0) is 6.41. The fourth-order valence-electron chi connectivity index (χ4n) is 0.549. The molecule has 0 aromatic rings. The molecule has 0 N–H and O–H groups in total. The van der Waals surface area contributed by atoms with Crippen molar-refractivity contribution in [3.8, 4) is 0 Å². The molecule has 0 heterocycles. The molecule has 0 aliphatic heterocycles. The monoisotopic (exact) mass is 256 g/mol. The average molecular weight is 257 g/mol. The summed E-state index contributed by atoms with van der Waals surface area (Å²) in [4.78, 5) is 0. The second kappa shape index (κ2) is 6.57. The van der Waals surface area contributed by atoms with Crippen molar-refractivity contribution in [2.75, 3.05) is 0 Å². The number of hydrogen-bond donors (Lipinski definition) is 0. The molecule has 0 nitrogen and oxygen atoms in total. The quantitative estimate of drug-likeness (QED) is 0.678. The Morgan fingerprint density at radius 3 is 2.25 bits per heavy atom. The zero-order valence-corrected chi connectivity index (χ0v) is 9.97. The molecule has 0 atom stereocenters. The summed E-state index contributed by atoms with van der Waals surface area (Å²) in [7, 11) is 11.4. The van der Waals surface area contributed by atoms with Crippen molar-refractivity contribution in [3.05, 3.63) is 0 Å². The third-order valence-electron chi connectivity index (χ3n) is 1.03. The second-order valence-electron chi connectivity index (χ2n) is 1.89. The maximum atomic E-state index is 5.69. The van der Waals surface area contributed by atoms with E-state index in [1.807, 2.05) is 0 Å². The third-order valence-corrected chi connectivity index (χ3v) is 6.36. The molecule has 0 unspecified atom stereocenters. The van der Waals surface area contributed by atoms with Gasteiger partial charge < -0.3 is 0 Å². The van der Waals surface area contributed by atoms with Gasteiger partial charge in [-0.15, -0.1) is 0 Å². The average Bonchev–Trinajstić information content (AvgIpc) is 1.66. The zero-order valence-electron chi connectivity index (χ0n) is 5.16. The minimum absolute atomic E-state index is 1.15. The van der Waals surface area contributed by atoms with Crippen LogP contribution in [0.25, 0.3) is 0 Å². The molecule has 0 fully saturated rings. The predicted molar refractivity (Wildman–Crippen MR) is 41.8 cm³/mol. The van der Waals surface area contributed by atoms with Crippen molar-refractivity contribution in [1.82, 2.24) is 0 Å². The molecule has 8 heavy (non-hydrogen) atoms. The molecule has 0 spiro atoms. The molecule has 0 aliphatic rings. The van der Waals surface area contributed by atoms with Crippen molar-refractivity contribution in [1.29, 1.82) is 0 Å². The Kier molecular flexibility index (Phi) is 7.76. The van der Waals surface area contributed by atoms with Gasteiger partial charge in [-0.1, -0.05) is 0 Å². The number of rotatable bonds is 4. The fourth-order valence-corrected chi connectivity index (χ4v) is 4.32. The van der Waals surface area contributed by atoms with Crippen molar-refractivity contribution >= 4 is 36.2 Å². The number of hydrogen-bond acceptors (Lipinski definition) is 0. The fraction of sp³-hybridized carbons (Fsp3) is 1.00. The first kappa shape index (κ1) is 9.45. The molecule has 3 heteroatoms. The van der Waals surface area contributed by atoms with Crippen LogP contribution >= 0.6 is 17.2 Å². The van der Waals surface area contributed by atoms with Crippen LogP contribution in [0, 0.1) is 0 Å². The molecular weight excluding hydrogens is 246 g/mol. The van der Waals surface area contributed by atoms with E-state index in [0.717, 1.165) is 4.18 Å². The van der Waals surface area contributed by atoms with E-state index in [2.05, 4.69) is 6.92 Å². The molecule has 0 saturated heterocycles. The van der Waals surface area contributed by atoms with Gasteiger partial charge in [0.2, 0.25) is 0 Å². The summed E-state index contributed by atoms with van der Waals surface area (Å²) in [6.45, 7) is 2.19. The summed E-state index contributed by atoms with van der Waals surface area (Å²) in [5, 5.41) is 0. The van der Waals surface area contributed by atoms with E-state index in [1.165, 1.54) is 19.3 Å². The normalized spacial score (nSPS) is 9.38. The van der Waals surface area contributed by atoms with Crippen LogP contribution in [0.1, 0.15) is 26.2 Å². The van der Waals surface area contributed by atoms with E-state index >= 15 is 0 Å². The summed E-state index contributed by atoms with van der Waals surface area (Å²) >= 11 is -1.82. The van der Waals surface area contributed by atoms with Gasteiger partial charge in [-0.3, -0.25) is 0 Å². The summed E-state index contributed by atoms with van der Waals surface area (Å²) in [6.07, 6.45) is 3.82. The molecule has 0 bridgehead atoms. The molecule has 0 amide bonds. The maximum absolute atomic E-state index is 5.69. The van der Waals surface area contributed by atoms with Gasteiger partial charge in [-0.05, 0) is 0 Å². The molecular formula is C5H11Cl2In. The van der Waals surface area contributed by atoms with Gasteiger partial charge in [-0.25, -0.2) is 0 Å². The van der Waals surface area contributed by atoms with Crippen LogP contribution in [-0.4, -0.2) is 19.1 Å². The van der Waals surface area contributed by atoms with Crippen LogP contribution in [0.2, 0.25) is 4.18 Å². The molecule has 0 aromatic heterocycles. The molecule has 48 valence electrons. The Morgan fingerprint density at radius 2 is 1.88 bits per heavy atom. The van der Waals surface area contributed by atoms with Gasteiger partial charge in [0.15, 0.2) is 0 Å². The van der Waals surface area contributed by atoms with Crippen LogP contribution in [0.5, 0.6) is 0 Å². The summed E-state index contributed by atoms with van der Waals surface area (Å²) < 4.78 is 1.15. The van der Waals surface area contributed by atoms with Crippen LogP contribution in [0.3, 0.4) is 0 Å². The third kappa shape index (κ3) is 7.45. The first-order chi connectivity index (χ1) is 3.77. The molecule has 0 saturated carbocycles. The van der Waals surface area contributed by atoms with Crippen molar-refractivity contribution < 1.29 is 0 Å². The summed E-state index contributed by atoms with van der Waals surface area (Å²) in [5.41, 5.74) is 0. The first-order valence-corrected chi connectivity index (χ1v) is 13.7. The van der Waals surface area contributed by atoms with Gasteiger partial charge >= 0.3 is 66.6 Å². The SMILES string of the molecule is CCCC[CH2][In]([Cl])[Cl]. The second-order valence-corrected chi connectivity index (χ2v) is 14.3. The van der Waals surface area contributed by atoms with Crippen molar-refractivity contribution in [2.45, 2.75) is 30.4 Å². The minimum atomic E-state index is -1.82. The molecule has 0 aliphatic carbocycles. The van der Waals surface area contributed by atoms with Gasteiger partial charge in [-0.2, -0.15) is 0 Å². The van der Waals surface area contributed by atoms with E-state index < -0.39 is 19.1 Å². The topological polar surface area (TPSA) is 0 Å². The van der Waals surface area contributed by atoms with Gasteiger partial charge in [0.1, 0.15) is 0 Å². The molecule has 0 aromatic carbocycles. The Balaban J connectivity index is 2.72. The van der Waals surface area contributed by atoms with Crippen LogP contribution in [-0.2, 0) is 0 Å². The Labute approximate surface area is 66.2 Å². The standard InChI is InChI=1S/C5H11.2ClH.In/c1-3-5-4-2;;;/h1,3-5H2,2H3;2*1H;/q;;;+2/p-2. The first-order valence-electron chi connectivity index (χ1n) is 3.05. The van der Waals surface area contributed by atoms with E-state index in [0.29, 0.717) is 0 Å². The predicted octanol–water partition coefficient (Wildman–Crippen LogP) is 3.14. The summed E-state index contributed by atoms with van der Waals surface area (Å²) in [5.74, 6) is 0. The summed E-state index contributed by atoms with van der Waals surface area (Å²) in [6, 6.07) is 0. The van der Waals surface area contributed by atoms with Crippen LogP contribution < -0.4 is 0 Å². The Bertz CT molecular complexity index is 47.7. The van der Waals surface area contributed by atoms with Crippen LogP contribution in [0.15, 0.2) is 0 Å². The van der Waals surface area contributed by atoms with E-state index in [4.69, 9.17) is 17.2 Å². The van der Waals surface area contributed by atoms with E-state index in [9.17, 15) is 0 Å². The van der Waals surface area contributed by atoms with Crippen LogP contribution in [0.4, 0.5) is 0 Å². The van der Waals surface area contributed by atoms with Gasteiger partial charge in [0, 0.05) is 0 Å².